The number of hydrogen-bond donors (Lipinski definition) is 1. The highest BCUT2D eigenvalue weighted by atomic mass is 32.1. The van der Waals surface area contributed by atoms with Crippen molar-refractivity contribution >= 4 is 12.2 Å². The number of H-pyrrole nitrogens is 1. The van der Waals surface area contributed by atoms with Crippen LogP contribution in [-0.4, -0.2) is 9.97 Å². The zero-order chi connectivity index (χ0) is 13.9. The van der Waals surface area contributed by atoms with Gasteiger partial charge in [-0.1, -0.05) is 48.5 Å². The topological polar surface area (TPSA) is 28.7 Å². The summed E-state index contributed by atoms with van der Waals surface area (Å²) >= 11 is 5.49. The number of fused-ring (bicyclic) bond motifs is 1. The number of aryl methyl sites for hydroxylation is 2. The van der Waals surface area contributed by atoms with E-state index in [0.717, 1.165) is 29.7 Å². The molecule has 1 N–H and O–H groups in total. The van der Waals surface area contributed by atoms with E-state index in [9.17, 15) is 0 Å². The minimum absolute atomic E-state index is 0.808. The van der Waals surface area contributed by atoms with Gasteiger partial charge in [0, 0.05) is 17.7 Å². The number of nitrogens with one attached hydrogen (secondary N) is 1. The second-order valence-electron chi connectivity index (χ2n) is 5.67. The largest absolute Gasteiger partial charge is 0.347 e. The van der Waals surface area contributed by atoms with Crippen LogP contribution in [0.25, 0.3) is 0 Å². The van der Waals surface area contributed by atoms with Crippen molar-refractivity contribution in [3.63, 3.8) is 0 Å². The maximum atomic E-state index is 5.49. The van der Waals surface area contributed by atoms with E-state index in [4.69, 9.17) is 12.2 Å². The Morgan fingerprint density at radius 2 is 1.85 bits per heavy atom. The molecule has 3 rings (SSSR count). The van der Waals surface area contributed by atoms with E-state index in [1.54, 1.807) is 0 Å². The third-order valence-corrected chi connectivity index (χ3v) is 4.34. The molecule has 0 amide bonds. The lowest BCUT2D eigenvalue weighted by Crippen LogP contribution is -2.05. The molecule has 1 heterocycles. The molecule has 3 heteroatoms. The van der Waals surface area contributed by atoms with E-state index in [2.05, 4.69) is 41.2 Å². The summed E-state index contributed by atoms with van der Waals surface area (Å²) in [6.07, 6.45) is 6.82. The second-order valence-corrected chi connectivity index (χ2v) is 6.06. The molecule has 1 aromatic heterocycles. The van der Waals surface area contributed by atoms with E-state index in [0.29, 0.717) is 0 Å². The number of benzene rings is 1. The van der Waals surface area contributed by atoms with Crippen LogP contribution in [0.15, 0.2) is 24.3 Å². The average molecular weight is 284 g/mol. The Morgan fingerprint density at radius 1 is 1.10 bits per heavy atom. The first kappa shape index (κ1) is 13.5. The van der Waals surface area contributed by atoms with E-state index in [-0.39, 0.29) is 0 Å². The summed E-state index contributed by atoms with van der Waals surface area (Å²) < 4.78 is 0.808. The van der Waals surface area contributed by atoms with Gasteiger partial charge in [0.2, 0.25) is 0 Å². The normalized spacial score (nSPS) is 14.7. The van der Waals surface area contributed by atoms with Gasteiger partial charge in [-0.2, -0.15) is 0 Å². The van der Waals surface area contributed by atoms with Gasteiger partial charge in [-0.25, -0.2) is 4.98 Å². The maximum Gasteiger partial charge on any atom is 0.133 e. The Balaban J connectivity index is 1.91. The number of aromatic amines is 1. The van der Waals surface area contributed by atoms with E-state index < -0.39 is 0 Å². The molecule has 0 saturated heterocycles. The van der Waals surface area contributed by atoms with Gasteiger partial charge < -0.3 is 4.98 Å². The van der Waals surface area contributed by atoms with Gasteiger partial charge in [-0.05, 0) is 38.2 Å². The Hall–Kier alpha value is -1.48. The van der Waals surface area contributed by atoms with Crippen LogP contribution in [0, 0.1) is 11.6 Å². The zero-order valence-corrected chi connectivity index (χ0v) is 12.7. The fourth-order valence-corrected chi connectivity index (χ4v) is 3.17. The Kier molecular flexibility index (Phi) is 3.97. The van der Waals surface area contributed by atoms with E-state index in [1.807, 2.05) is 0 Å². The fraction of sp³-hybridized carbons (Fsp3) is 0.412. The first-order chi connectivity index (χ1) is 9.72. The molecular weight excluding hydrogens is 264 g/mol. The van der Waals surface area contributed by atoms with Crippen molar-refractivity contribution in [1.82, 2.24) is 9.97 Å². The first-order valence-electron chi connectivity index (χ1n) is 7.39. The molecule has 0 atom stereocenters. The maximum absolute atomic E-state index is 5.49. The lowest BCUT2D eigenvalue weighted by Gasteiger charge is -2.09. The van der Waals surface area contributed by atoms with Crippen molar-refractivity contribution < 1.29 is 0 Å². The van der Waals surface area contributed by atoms with Crippen molar-refractivity contribution in [3.05, 3.63) is 57.1 Å². The second kappa shape index (κ2) is 5.88. The Bertz CT molecular complexity index is 656. The zero-order valence-electron chi connectivity index (χ0n) is 11.9. The number of nitrogens with zero attached hydrogens (tertiary/aromatic N) is 1. The highest BCUT2D eigenvalue weighted by molar-refractivity contribution is 7.71. The summed E-state index contributed by atoms with van der Waals surface area (Å²) in [5.41, 5.74) is 5.17. The third kappa shape index (κ3) is 2.98. The van der Waals surface area contributed by atoms with Gasteiger partial charge in [-0.3, -0.25) is 0 Å². The molecule has 0 saturated carbocycles. The van der Waals surface area contributed by atoms with Crippen LogP contribution in [0.1, 0.15) is 47.5 Å². The molecule has 2 aromatic rings. The van der Waals surface area contributed by atoms with Crippen molar-refractivity contribution in [2.75, 3.05) is 0 Å². The molecule has 1 aromatic carbocycles. The van der Waals surface area contributed by atoms with Gasteiger partial charge >= 0.3 is 0 Å². The molecule has 0 aliphatic heterocycles. The first-order valence-corrected chi connectivity index (χ1v) is 7.80. The summed E-state index contributed by atoms with van der Waals surface area (Å²) in [4.78, 5) is 8.14. The molecule has 104 valence electrons. The molecular formula is C17H20N2S. The molecule has 0 spiro atoms. The number of hydrogen-bond acceptors (Lipinski definition) is 2. The Labute approximate surface area is 125 Å². The van der Waals surface area contributed by atoms with Crippen LogP contribution in [0.4, 0.5) is 0 Å². The van der Waals surface area contributed by atoms with Crippen LogP contribution in [-0.2, 0) is 19.3 Å². The highest BCUT2D eigenvalue weighted by Crippen LogP contribution is 2.20. The SMILES string of the molecule is Cc1ccc(Cc2nc(=S)c3c([nH]2)CCCCC3)cc1. The monoisotopic (exact) mass is 284 g/mol. The summed E-state index contributed by atoms with van der Waals surface area (Å²) in [6, 6.07) is 8.62. The molecule has 1 aliphatic carbocycles. The van der Waals surface area contributed by atoms with Crippen molar-refractivity contribution in [1.29, 1.82) is 0 Å². The fourth-order valence-electron chi connectivity index (χ4n) is 2.83. The quantitative estimate of drug-likeness (QED) is 0.657. The van der Waals surface area contributed by atoms with Crippen LogP contribution in [0.3, 0.4) is 0 Å². The smallest absolute Gasteiger partial charge is 0.133 e. The van der Waals surface area contributed by atoms with Gasteiger partial charge in [0.1, 0.15) is 10.5 Å². The molecule has 2 nitrogen and oxygen atoms in total. The Morgan fingerprint density at radius 3 is 2.65 bits per heavy atom. The lowest BCUT2D eigenvalue weighted by molar-refractivity contribution is 0.708. The minimum atomic E-state index is 0.808. The van der Waals surface area contributed by atoms with Crippen molar-refractivity contribution in [2.45, 2.75) is 45.4 Å². The van der Waals surface area contributed by atoms with E-state index in [1.165, 1.54) is 41.6 Å². The predicted octanol–water partition coefficient (Wildman–Crippen LogP) is 4.31. The minimum Gasteiger partial charge on any atom is -0.347 e. The number of rotatable bonds is 2. The molecule has 1 aliphatic rings. The van der Waals surface area contributed by atoms with Crippen molar-refractivity contribution in [2.24, 2.45) is 0 Å². The lowest BCUT2D eigenvalue weighted by atomic mass is 10.1. The highest BCUT2D eigenvalue weighted by Gasteiger charge is 2.12. The standard InChI is InChI=1S/C17H20N2S/c1-12-7-9-13(10-8-12)11-16-18-15-6-4-2-3-5-14(15)17(20)19-16/h7-10H,2-6,11H2,1H3,(H,18,19,20). The molecule has 0 radical (unpaired) electrons. The molecule has 20 heavy (non-hydrogen) atoms. The average Bonchev–Trinajstić information content (AvgIpc) is 2.67. The summed E-state index contributed by atoms with van der Waals surface area (Å²) in [5.74, 6) is 1.000. The summed E-state index contributed by atoms with van der Waals surface area (Å²) in [7, 11) is 0. The van der Waals surface area contributed by atoms with Crippen LogP contribution >= 0.6 is 12.2 Å². The third-order valence-electron chi connectivity index (χ3n) is 4.00. The van der Waals surface area contributed by atoms with Crippen LogP contribution in [0.5, 0.6) is 0 Å². The van der Waals surface area contributed by atoms with Gasteiger partial charge in [0.05, 0.1) is 0 Å². The molecule has 0 bridgehead atoms. The molecule has 0 fully saturated rings. The van der Waals surface area contributed by atoms with Gasteiger partial charge in [0.15, 0.2) is 0 Å². The summed E-state index contributed by atoms with van der Waals surface area (Å²) in [5, 5.41) is 0. The number of aromatic nitrogens is 2. The van der Waals surface area contributed by atoms with Crippen molar-refractivity contribution in [3.8, 4) is 0 Å². The van der Waals surface area contributed by atoms with Gasteiger partial charge in [0.25, 0.3) is 0 Å². The van der Waals surface area contributed by atoms with Crippen LogP contribution < -0.4 is 0 Å². The predicted molar refractivity (Wildman–Crippen MR) is 84.7 cm³/mol. The van der Waals surface area contributed by atoms with E-state index >= 15 is 0 Å². The summed E-state index contributed by atoms with van der Waals surface area (Å²) in [6.45, 7) is 2.11. The molecule has 0 unspecified atom stereocenters. The van der Waals surface area contributed by atoms with Crippen LogP contribution in [0.2, 0.25) is 0 Å². The van der Waals surface area contributed by atoms with Gasteiger partial charge in [-0.15, -0.1) is 0 Å².